The number of tetrazole rings is 1. The molecule has 0 spiro atoms. The Balaban J connectivity index is 1.59. The van der Waals surface area contributed by atoms with Crippen molar-refractivity contribution < 1.29 is 13.6 Å². The standard InChI is InChI=1S/C19H17N5O4/c1-9-11-6-13-10-4-2-3-5-14(10)27-16(13)8-15(11)28-18(26)12(9)7-17(25)20-19-21-23-24-22-19/h6,8H,2-5,7H2,1H3,(H2,20,21,22,23,24,25). The van der Waals surface area contributed by atoms with E-state index in [1.54, 1.807) is 6.07 Å². The third kappa shape index (κ3) is 2.67. The zero-order valence-electron chi connectivity index (χ0n) is 15.2. The van der Waals surface area contributed by atoms with E-state index in [1.165, 1.54) is 5.56 Å². The van der Waals surface area contributed by atoms with Gasteiger partial charge in [0.15, 0.2) is 0 Å². The van der Waals surface area contributed by atoms with Crippen LogP contribution in [0.2, 0.25) is 0 Å². The van der Waals surface area contributed by atoms with Crippen molar-refractivity contribution >= 4 is 33.8 Å². The minimum Gasteiger partial charge on any atom is -0.461 e. The Morgan fingerprint density at radius 1 is 1.18 bits per heavy atom. The van der Waals surface area contributed by atoms with E-state index >= 15 is 0 Å². The van der Waals surface area contributed by atoms with E-state index in [0.29, 0.717) is 11.1 Å². The lowest BCUT2D eigenvalue weighted by Gasteiger charge is -2.09. The van der Waals surface area contributed by atoms with Crippen LogP contribution in [0, 0.1) is 6.92 Å². The summed E-state index contributed by atoms with van der Waals surface area (Å²) in [6, 6.07) is 3.79. The van der Waals surface area contributed by atoms with Gasteiger partial charge in [0.1, 0.15) is 16.9 Å². The molecule has 0 radical (unpaired) electrons. The van der Waals surface area contributed by atoms with E-state index in [4.69, 9.17) is 8.83 Å². The van der Waals surface area contributed by atoms with E-state index < -0.39 is 11.5 Å². The van der Waals surface area contributed by atoms with Gasteiger partial charge in [0.05, 0.1) is 12.0 Å². The highest BCUT2D eigenvalue weighted by Gasteiger charge is 2.21. The van der Waals surface area contributed by atoms with Gasteiger partial charge in [0.2, 0.25) is 5.91 Å². The van der Waals surface area contributed by atoms with Gasteiger partial charge in [-0.1, -0.05) is 5.10 Å². The number of aromatic amines is 1. The molecule has 3 heterocycles. The molecule has 0 fully saturated rings. The number of rotatable bonds is 3. The molecule has 1 amide bonds. The predicted molar refractivity (Wildman–Crippen MR) is 100 cm³/mol. The minimum atomic E-state index is -0.538. The van der Waals surface area contributed by atoms with E-state index in [-0.39, 0.29) is 12.4 Å². The maximum Gasteiger partial charge on any atom is 0.340 e. The van der Waals surface area contributed by atoms with Crippen LogP contribution in [0.25, 0.3) is 21.9 Å². The number of H-pyrrole nitrogens is 1. The lowest BCUT2D eigenvalue weighted by atomic mass is 9.94. The van der Waals surface area contributed by atoms with Crippen molar-refractivity contribution in [3.05, 3.63) is 45.0 Å². The fraction of sp³-hybridized carbons (Fsp3) is 0.316. The lowest BCUT2D eigenvalue weighted by Crippen LogP contribution is -2.21. The van der Waals surface area contributed by atoms with Crippen LogP contribution in [0.5, 0.6) is 0 Å². The molecule has 2 N–H and O–H groups in total. The highest BCUT2D eigenvalue weighted by molar-refractivity contribution is 5.98. The second kappa shape index (κ2) is 6.29. The van der Waals surface area contributed by atoms with Gasteiger partial charge < -0.3 is 8.83 Å². The average molecular weight is 379 g/mol. The van der Waals surface area contributed by atoms with Crippen molar-refractivity contribution in [3.63, 3.8) is 0 Å². The second-order valence-corrected chi connectivity index (χ2v) is 7.01. The molecular weight excluding hydrogens is 362 g/mol. The van der Waals surface area contributed by atoms with Gasteiger partial charge in [-0.05, 0) is 43.0 Å². The number of nitrogens with zero attached hydrogens (tertiary/aromatic N) is 3. The number of fused-ring (bicyclic) bond motifs is 4. The second-order valence-electron chi connectivity index (χ2n) is 7.01. The van der Waals surface area contributed by atoms with Crippen LogP contribution in [0.1, 0.15) is 35.3 Å². The number of hydrogen-bond donors (Lipinski definition) is 2. The Morgan fingerprint density at radius 3 is 2.82 bits per heavy atom. The van der Waals surface area contributed by atoms with Crippen molar-refractivity contribution in [1.29, 1.82) is 0 Å². The molecule has 5 rings (SSSR count). The summed E-state index contributed by atoms with van der Waals surface area (Å²) in [5.74, 6) is 0.661. The van der Waals surface area contributed by atoms with Crippen LogP contribution in [-0.4, -0.2) is 26.5 Å². The smallest absolute Gasteiger partial charge is 0.340 e. The first-order valence-electron chi connectivity index (χ1n) is 9.14. The fourth-order valence-electron chi connectivity index (χ4n) is 3.89. The molecule has 0 atom stereocenters. The number of benzene rings is 1. The number of carbonyl (C=O) groups excluding carboxylic acids is 1. The first-order valence-corrected chi connectivity index (χ1v) is 9.14. The van der Waals surface area contributed by atoms with Gasteiger partial charge in [-0.15, -0.1) is 5.10 Å². The van der Waals surface area contributed by atoms with Crippen LogP contribution in [0.3, 0.4) is 0 Å². The molecule has 142 valence electrons. The van der Waals surface area contributed by atoms with Crippen molar-refractivity contribution in [1.82, 2.24) is 20.6 Å². The zero-order chi connectivity index (χ0) is 19.3. The number of nitrogens with one attached hydrogen (secondary N) is 2. The summed E-state index contributed by atoms with van der Waals surface area (Å²) >= 11 is 0. The molecule has 4 aromatic rings. The van der Waals surface area contributed by atoms with Gasteiger partial charge in [-0.2, -0.15) is 5.21 Å². The summed E-state index contributed by atoms with van der Waals surface area (Å²) < 4.78 is 11.5. The van der Waals surface area contributed by atoms with Crippen LogP contribution in [-0.2, 0) is 24.1 Å². The Bertz CT molecular complexity index is 1270. The maximum absolute atomic E-state index is 12.5. The Labute approximate surface area is 158 Å². The molecule has 9 heteroatoms. The van der Waals surface area contributed by atoms with Crippen LogP contribution in [0.15, 0.2) is 25.8 Å². The molecule has 0 aliphatic heterocycles. The van der Waals surface area contributed by atoms with E-state index in [0.717, 1.165) is 53.4 Å². The number of carbonyl (C=O) groups is 1. The van der Waals surface area contributed by atoms with Gasteiger partial charge in [-0.3, -0.25) is 10.1 Å². The van der Waals surface area contributed by atoms with Crippen LogP contribution < -0.4 is 10.9 Å². The molecular formula is C19H17N5O4. The summed E-state index contributed by atoms with van der Waals surface area (Å²) in [5.41, 5.74) is 2.94. The number of aromatic nitrogens is 4. The lowest BCUT2D eigenvalue weighted by molar-refractivity contribution is -0.115. The number of aryl methyl sites for hydroxylation is 3. The number of anilines is 1. The van der Waals surface area contributed by atoms with Gasteiger partial charge in [0.25, 0.3) is 5.95 Å². The van der Waals surface area contributed by atoms with Crippen LogP contribution in [0.4, 0.5) is 5.95 Å². The molecule has 0 unspecified atom stereocenters. The molecule has 0 saturated heterocycles. The summed E-state index contributed by atoms with van der Waals surface area (Å²) in [7, 11) is 0. The molecule has 0 bridgehead atoms. The fourth-order valence-corrected chi connectivity index (χ4v) is 3.89. The zero-order valence-corrected chi connectivity index (χ0v) is 15.2. The summed E-state index contributed by atoms with van der Waals surface area (Å²) in [6.45, 7) is 1.83. The SMILES string of the molecule is Cc1c(CC(=O)Nc2nn[nH]n2)c(=O)oc2cc3oc4c(c3cc12)CCCC4. The quantitative estimate of drug-likeness (QED) is 0.523. The van der Waals surface area contributed by atoms with Gasteiger partial charge in [0, 0.05) is 28.8 Å². The molecule has 0 saturated carbocycles. The van der Waals surface area contributed by atoms with Crippen molar-refractivity contribution in [2.24, 2.45) is 0 Å². The summed E-state index contributed by atoms with van der Waals surface area (Å²) in [5, 5.41) is 17.3. The number of hydrogen-bond acceptors (Lipinski definition) is 7. The van der Waals surface area contributed by atoms with Crippen LogP contribution >= 0.6 is 0 Å². The van der Waals surface area contributed by atoms with E-state index in [1.807, 2.05) is 13.0 Å². The molecule has 1 aliphatic carbocycles. The maximum atomic E-state index is 12.5. The Morgan fingerprint density at radius 2 is 2.00 bits per heavy atom. The molecule has 3 aromatic heterocycles. The third-order valence-corrected chi connectivity index (χ3v) is 5.30. The largest absolute Gasteiger partial charge is 0.461 e. The molecule has 9 nitrogen and oxygen atoms in total. The molecule has 1 aromatic carbocycles. The van der Waals surface area contributed by atoms with Gasteiger partial charge >= 0.3 is 5.63 Å². The van der Waals surface area contributed by atoms with Gasteiger partial charge in [-0.25, -0.2) is 4.79 Å². The first kappa shape index (κ1) is 16.7. The highest BCUT2D eigenvalue weighted by Crippen LogP contribution is 2.35. The monoisotopic (exact) mass is 379 g/mol. The topological polar surface area (TPSA) is 127 Å². The van der Waals surface area contributed by atoms with Crippen molar-refractivity contribution in [2.75, 3.05) is 5.32 Å². The van der Waals surface area contributed by atoms with Crippen molar-refractivity contribution in [2.45, 2.75) is 39.0 Å². The number of furan rings is 1. The summed E-state index contributed by atoms with van der Waals surface area (Å²) in [6.07, 6.45) is 4.05. The number of amides is 1. The minimum absolute atomic E-state index is 0.0552. The van der Waals surface area contributed by atoms with E-state index in [2.05, 4.69) is 25.9 Å². The average Bonchev–Trinajstić information content (AvgIpc) is 3.31. The van der Waals surface area contributed by atoms with E-state index in [9.17, 15) is 9.59 Å². The third-order valence-electron chi connectivity index (χ3n) is 5.30. The molecule has 1 aliphatic rings. The first-order chi connectivity index (χ1) is 13.6. The summed E-state index contributed by atoms with van der Waals surface area (Å²) in [4.78, 5) is 24.8. The Hall–Kier alpha value is -3.49. The highest BCUT2D eigenvalue weighted by atomic mass is 16.4. The Kier molecular flexibility index (Phi) is 3.75. The predicted octanol–water partition coefficient (Wildman–Crippen LogP) is 2.42. The normalized spacial score (nSPS) is 13.8. The van der Waals surface area contributed by atoms with Crippen molar-refractivity contribution in [3.8, 4) is 0 Å². The molecule has 28 heavy (non-hydrogen) atoms.